The quantitative estimate of drug-likeness (QED) is 0.912. The van der Waals surface area contributed by atoms with Gasteiger partial charge in [0.15, 0.2) is 9.84 Å². The van der Waals surface area contributed by atoms with Crippen molar-refractivity contribution in [1.82, 2.24) is 0 Å². The van der Waals surface area contributed by atoms with E-state index >= 15 is 0 Å². The predicted molar refractivity (Wildman–Crippen MR) is 55.1 cm³/mol. The molecule has 0 aliphatic rings. The molecule has 1 N–H and O–H groups in total. The fourth-order valence-electron chi connectivity index (χ4n) is 1.32. The van der Waals surface area contributed by atoms with Crippen LogP contribution in [-0.2, 0) is 22.6 Å². The Kier molecular flexibility index (Phi) is 3.83. The van der Waals surface area contributed by atoms with Crippen molar-refractivity contribution in [2.45, 2.75) is 24.6 Å². The topological polar surface area (TPSA) is 54.4 Å². The van der Waals surface area contributed by atoms with Crippen molar-refractivity contribution in [3.63, 3.8) is 0 Å². The van der Waals surface area contributed by atoms with E-state index < -0.39 is 28.2 Å². The second-order valence-electron chi connectivity index (χ2n) is 3.38. The fraction of sp³-hybridized carbons (Fsp3) is 0.400. The minimum atomic E-state index is -4.68. The van der Waals surface area contributed by atoms with E-state index in [1.54, 1.807) is 0 Å². The molecular weight excluding hydrogens is 257 g/mol. The summed E-state index contributed by atoms with van der Waals surface area (Å²) in [4.78, 5) is -0.385. The van der Waals surface area contributed by atoms with E-state index in [0.29, 0.717) is 6.07 Å². The van der Waals surface area contributed by atoms with Crippen LogP contribution in [0.2, 0.25) is 0 Å². The normalized spacial score (nSPS) is 12.8. The van der Waals surface area contributed by atoms with Crippen LogP contribution < -0.4 is 0 Å². The maximum Gasteiger partial charge on any atom is 0.416 e. The van der Waals surface area contributed by atoms with Crippen LogP contribution in [0.1, 0.15) is 18.1 Å². The van der Waals surface area contributed by atoms with E-state index in [1.807, 2.05) is 0 Å². The van der Waals surface area contributed by atoms with Crippen LogP contribution >= 0.6 is 0 Å². The molecule has 0 saturated heterocycles. The lowest BCUT2D eigenvalue weighted by Gasteiger charge is -2.12. The lowest BCUT2D eigenvalue weighted by Crippen LogP contribution is -2.12. The summed E-state index contributed by atoms with van der Waals surface area (Å²) < 4.78 is 60.7. The van der Waals surface area contributed by atoms with Crippen LogP contribution in [0.25, 0.3) is 0 Å². The van der Waals surface area contributed by atoms with Crippen molar-refractivity contribution in [1.29, 1.82) is 0 Å². The fourth-order valence-corrected chi connectivity index (χ4v) is 2.22. The summed E-state index contributed by atoms with van der Waals surface area (Å²) in [6.07, 6.45) is -4.68. The van der Waals surface area contributed by atoms with Crippen LogP contribution in [0.15, 0.2) is 23.1 Å². The Morgan fingerprint density at radius 2 is 1.88 bits per heavy atom. The monoisotopic (exact) mass is 268 g/mol. The molecule has 0 atom stereocenters. The first-order chi connectivity index (χ1) is 7.72. The van der Waals surface area contributed by atoms with Crippen molar-refractivity contribution in [3.8, 4) is 0 Å². The molecule has 96 valence electrons. The molecule has 0 aliphatic carbocycles. The number of sulfone groups is 1. The lowest BCUT2D eigenvalue weighted by atomic mass is 10.1. The molecule has 1 rings (SSSR count). The zero-order valence-corrected chi connectivity index (χ0v) is 9.77. The van der Waals surface area contributed by atoms with Crippen LogP contribution in [0.3, 0.4) is 0 Å². The number of aliphatic hydroxyl groups excluding tert-OH is 1. The van der Waals surface area contributed by atoms with Crippen molar-refractivity contribution >= 4 is 9.84 Å². The van der Waals surface area contributed by atoms with Gasteiger partial charge in [-0.2, -0.15) is 13.2 Å². The van der Waals surface area contributed by atoms with Gasteiger partial charge in [-0.05, 0) is 17.7 Å². The number of hydrogen-bond donors (Lipinski definition) is 1. The van der Waals surface area contributed by atoms with Crippen LogP contribution in [0.5, 0.6) is 0 Å². The van der Waals surface area contributed by atoms with Crippen molar-refractivity contribution in [3.05, 3.63) is 29.3 Å². The van der Waals surface area contributed by atoms with E-state index in [1.165, 1.54) is 6.92 Å². The molecule has 1 aromatic carbocycles. The van der Waals surface area contributed by atoms with E-state index in [4.69, 9.17) is 5.11 Å². The summed E-state index contributed by atoms with van der Waals surface area (Å²) in [6, 6.07) is 2.61. The highest BCUT2D eigenvalue weighted by Gasteiger charge is 2.34. The Labute approximate surface area is 96.8 Å². The molecule has 0 aliphatic heterocycles. The van der Waals surface area contributed by atoms with E-state index in [2.05, 4.69) is 0 Å². The number of rotatable bonds is 3. The molecule has 0 saturated carbocycles. The summed E-state index contributed by atoms with van der Waals surface area (Å²) in [6.45, 7) is 0.559. The summed E-state index contributed by atoms with van der Waals surface area (Å²) >= 11 is 0. The minimum absolute atomic E-state index is 0.275. The van der Waals surface area contributed by atoms with E-state index in [0.717, 1.165) is 12.1 Å². The maximum atomic E-state index is 12.6. The average molecular weight is 268 g/mol. The summed E-state index contributed by atoms with van der Waals surface area (Å²) in [5.74, 6) is -0.275. The van der Waals surface area contributed by atoms with Gasteiger partial charge in [-0.25, -0.2) is 8.42 Å². The largest absolute Gasteiger partial charge is 0.416 e. The number of aliphatic hydroxyl groups is 1. The van der Waals surface area contributed by atoms with Crippen LogP contribution in [0.4, 0.5) is 13.2 Å². The molecule has 0 bridgehead atoms. The van der Waals surface area contributed by atoms with Gasteiger partial charge >= 0.3 is 6.18 Å². The van der Waals surface area contributed by atoms with Gasteiger partial charge in [-0.1, -0.05) is 13.0 Å². The van der Waals surface area contributed by atoms with Gasteiger partial charge in [0.25, 0.3) is 0 Å². The second-order valence-corrected chi connectivity index (χ2v) is 5.66. The summed E-state index contributed by atoms with van der Waals surface area (Å²) in [5, 5.41) is 8.78. The van der Waals surface area contributed by atoms with Crippen LogP contribution in [-0.4, -0.2) is 19.3 Å². The maximum absolute atomic E-state index is 12.6. The highest BCUT2D eigenvalue weighted by atomic mass is 32.2. The number of hydrogen-bond acceptors (Lipinski definition) is 3. The van der Waals surface area contributed by atoms with Gasteiger partial charge in [0.05, 0.1) is 22.8 Å². The Bertz CT molecular complexity index is 506. The molecule has 0 unspecified atom stereocenters. The zero-order chi connectivity index (χ0) is 13.3. The molecule has 0 spiro atoms. The van der Waals surface area contributed by atoms with Gasteiger partial charge < -0.3 is 5.11 Å². The number of halogens is 3. The van der Waals surface area contributed by atoms with Crippen molar-refractivity contribution < 1.29 is 26.7 Å². The summed E-state index contributed by atoms with van der Waals surface area (Å²) in [7, 11) is -3.69. The lowest BCUT2D eigenvalue weighted by molar-refractivity contribution is -0.138. The highest BCUT2D eigenvalue weighted by molar-refractivity contribution is 7.91. The van der Waals surface area contributed by atoms with Crippen LogP contribution in [0, 0.1) is 0 Å². The predicted octanol–water partition coefficient (Wildman–Crippen LogP) is 1.99. The molecule has 7 heteroatoms. The third-order valence-corrected chi connectivity index (χ3v) is 4.03. The van der Waals surface area contributed by atoms with E-state index in [-0.39, 0.29) is 16.2 Å². The average Bonchev–Trinajstić information content (AvgIpc) is 2.27. The smallest absolute Gasteiger partial charge is 0.392 e. The Balaban J connectivity index is 3.44. The minimum Gasteiger partial charge on any atom is -0.392 e. The Hall–Kier alpha value is -1.08. The van der Waals surface area contributed by atoms with Gasteiger partial charge in [0, 0.05) is 0 Å². The molecule has 0 radical (unpaired) electrons. The first-order valence-electron chi connectivity index (χ1n) is 4.76. The third kappa shape index (κ3) is 2.98. The third-order valence-electron chi connectivity index (χ3n) is 2.30. The summed E-state index contributed by atoms with van der Waals surface area (Å²) in [5.41, 5.74) is -1.46. The molecule has 17 heavy (non-hydrogen) atoms. The van der Waals surface area contributed by atoms with Gasteiger partial charge in [0.2, 0.25) is 0 Å². The number of benzene rings is 1. The Morgan fingerprint density at radius 3 is 2.29 bits per heavy atom. The van der Waals surface area contributed by atoms with Crippen molar-refractivity contribution in [2.75, 3.05) is 5.75 Å². The molecule has 1 aromatic rings. The Morgan fingerprint density at radius 1 is 1.29 bits per heavy atom. The molecule has 0 aromatic heterocycles. The van der Waals surface area contributed by atoms with Gasteiger partial charge in [-0.3, -0.25) is 0 Å². The SMILES string of the molecule is CCS(=O)(=O)c1ccc(CO)c(C(F)(F)F)c1. The second kappa shape index (κ2) is 4.66. The first kappa shape index (κ1) is 14.0. The van der Waals surface area contributed by atoms with Crippen molar-refractivity contribution in [2.24, 2.45) is 0 Å². The first-order valence-corrected chi connectivity index (χ1v) is 6.41. The molecule has 0 amide bonds. The zero-order valence-electron chi connectivity index (χ0n) is 8.95. The van der Waals surface area contributed by atoms with E-state index in [9.17, 15) is 21.6 Å². The molecule has 0 heterocycles. The molecule has 3 nitrogen and oxygen atoms in total. The molecular formula is C10H11F3O3S. The highest BCUT2D eigenvalue weighted by Crippen LogP contribution is 2.33. The molecule has 0 fully saturated rings. The standard InChI is InChI=1S/C10H11F3O3S/c1-2-17(15,16)8-4-3-7(6-14)9(5-8)10(11,12)13/h3-5,14H,2,6H2,1H3. The number of alkyl halides is 3. The van der Waals surface area contributed by atoms with Gasteiger partial charge in [0.1, 0.15) is 0 Å². The van der Waals surface area contributed by atoms with Gasteiger partial charge in [-0.15, -0.1) is 0 Å².